The molecule has 0 atom stereocenters. The second-order valence-electron chi connectivity index (χ2n) is 5.11. The third-order valence-corrected chi connectivity index (χ3v) is 4.13. The molecule has 0 radical (unpaired) electrons. The van der Waals surface area contributed by atoms with Crippen LogP contribution >= 0.6 is 11.3 Å². The molecule has 10 heteroatoms. The fourth-order valence-electron chi connectivity index (χ4n) is 2.11. The first-order valence-electron chi connectivity index (χ1n) is 7.49. The second kappa shape index (κ2) is 7.62. The van der Waals surface area contributed by atoms with Gasteiger partial charge in [-0.15, -0.1) is 10.2 Å². The van der Waals surface area contributed by atoms with E-state index >= 15 is 0 Å². The Balaban J connectivity index is 1.58. The third-order valence-electron chi connectivity index (χ3n) is 3.31. The minimum Gasteiger partial charge on any atom is -0.374 e. The summed E-state index contributed by atoms with van der Waals surface area (Å²) in [5.74, 6) is -0.105. The van der Waals surface area contributed by atoms with Crippen LogP contribution in [0.1, 0.15) is 21.8 Å². The van der Waals surface area contributed by atoms with Gasteiger partial charge >= 0.3 is 0 Å². The first-order valence-corrected chi connectivity index (χ1v) is 8.31. The van der Waals surface area contributed by atoms with E-state index < -0.39 is 11.5 Å². The molecule has 0 aromatic carbocycles. The quantitative estimate of drug-likeness (QED) is 0.550. The molecule has 3 rings (SSSR count). The number of H-pyrrole nitrogens is 1. The van der Waals surface area contributed by atoms with Crippen molar-refractivity contribution < 1.29 is 4.79 Å². The Kier molecular flexibility index (Phi) is 5.09. The minimum absolute atomic E-state index is 0.0344. The molecule has 0 aliphatic heterocycles. The summed E-state index contributed by atoms with van der Waals surface area (Å²) in [5, 5.41) is 11.6. The number of nitrogens with zero attached hydrogens (tertiary/aromatic N) is 4. The summed E-state index contributed by atoms with van der Waals surface area (Å²) < 4.78 is 0. The smallest absolute Gasteiger partial charge is 0.264 e. The van der Waals surface area contributed by atoms with Gasteiger partial charge in [-0.1, -0.05) is 11.3 Å². The Labute approximate surface area is 146 Å². The van der Waals surface area contributed by atoms with Crippen LogP contribution < -0.4 is 16.6 Å². The highest BCUT2D eigenvalue weighted by molar-refractivity contribution is 7.15. The number of hydrogen-bond donors (Lipinski definition) is 3. The van der Waals surface area contributed by atoms with E-state index in [4.69, 9.17) is 5.73 Å². The number of aromatic nitrogens is 5. The first kappa shape index (κ1) is 16.7. The number of nitrogen functional groups attached to an aromatic ring is 1. The van der Waals surface area contributed by atoms with Gasteiger partial charge in [0.15, 0.2) is 0 Å². The number of carbonyl (C=O) groups excluding carboxylic acids is 1. The van der Waals surface area contributed by atoms with Gasteiger partial charge in [0, 0.05) is 37.1 Å². The molecule has 3 heterocycles. The fraction of sp³-hybridized carbons (Fsp3) is 0.200. The van der Waals surface area contributed by atoms with E-state index in [2.05, 4.69) is 30.5 Å². The van der Waals surface area contributed by atoms with Gasteiger partial charge in [0.05, 0.1) is 0 Å². The molecular weight excluding hydrogens is 342 g/mol. The summed E-state index contributed by atoms with van der Waals surface area (Å²) in [4.78, 5) is 34.9. The zero-order valence-corrected chi connectivity index (χ0v) is 13.9. The van der Waals surface area contributed by atoms with Gasteiger partial charge in [0.25, 0.3) is 11.5 Å². The van der Waals surface area contributed by atoms with E-state index in [9.17, 15) is 9.59 Å². The molecule has 0 unspecified atom stereocenters. The van der Waals surface area contributed by atoms with Crippen molar-refractivity contribution in [1.29, 1.82) is 0 Å². The van der Waals surface area contributed by atoms with Crippen molar-refractivity contribution in [2.45, 2.75) is 12.8 Å². The van der Waals surface area contributed by atoms with E-state index in [0.717, 1.165) is 5.01 Å². The number of anilines is 1. The van der Waals surface area contributed by atoms with Crippen LogP contribution in [0.3, 0.4) is 0 Å². The van der Waals surface area contributed by atoms with Crippen LogP contribution in [-0.4, -0.2) is 37.6 Å². The number of nitrogens with one attached hydrogen (secondary N) is 2. The van der Waals surface area contributed by atoms with Crippen LogP contribution in [0.25, 0.3) is 11.4 Å². The number of hydrogen-bond acceptors (Lipinski definition) is 8. The fourth-order valence-corrected chi connectivity index (χ4v) is 2.76. The van der Waals surface area contributed by atoms with Gasteiger partial charge < -0.3 is 16.0 Å². The molecule has 0 bridgehead atoms. The van der Waals surface area contributed by atoms with Crippen LogP contribution in [0.15, 0.2) is 35.5 Å². The lowest BCUT2D eigenvalue weighted by Gasteiger charge is -2.05. The van der Waals surface area contributed by atoms with E-state index in [-0.39, 0.29) is 5.56 Å². The van der Waals surface area contributed by atoms with E-state index in [1.54, 1.807) is 24.5 Å². The van der Waals surface area contributed by atoms with E-state index in [1.807, 2.05) is 0 Å². The Morgan fingerprint density at radius 1 is 1.32 bits per heavy atom. The van der Waals surface area contributed by atoms with E-state index in [0.29, 0.717) is 35.9 Å². The maximum atomic E-state index is 12.1. The predicted octanol–water partition coefficient (Wildman–Crippen LogP) is 0.628. The number of amides is 1. The molecule has 128 valence electrons. The molecule has 0 spiro atoms. The normalized spacial score (nSPS) is 10.6. The van der Waals surface area contributed by atoms with Crippen LogP contribution in [0.4, 0.5) is 5.13 Å². The molecule has 1 amide bonds. The third kappa shape index (κ3) is 4.23. The van der Waals surface area contributed by atoms with Crippen molar-refractivity contribution in [1.82, 2.24) is 30.5 Å². The summed E-state index contributed by atoms with van der Waals surface area (Å²) in [6.07, 6.45) is 5.79. The Morgan fingerprint density at radius 3 is 2.88 bits per heavy atom. The van der Waals surface area contributed by atoms with Crippen LogP contribution in [-0.2, 0) is 6.42 Å². The zero-order valence-electron chi connectivity index (χ0n) is 13.1. The van der Waals surface area contributed by atoms with Crippen molar-refractivity contribution in [3.8, 4) is 11.4 Å². The lowest BCUT2D eigenvalue weighted by molar-refractivity contribution is 0.0951. The van der Waals surface area contributed by atoms with Crippen molar-refractivity contribution in [2.75, 3.05) is 12.3 Å². The summed E-state index contributed by atoms with van der Waals surface area (Å²) in [6, 6.07) is 3.51. The highest BCUT2D eigenvalue weighted by Crippen LogP contribution is 2.12. The van der Waals surface area contributed by atoms with E-state index in [1.165, 1.54) is 17.5 Å². The minimum atomic E-state index is -0.497. The molecule has 9 nitrogen and oxygen atoms in total. The number of carbonyl (C=O) groups is 1. The molecule has 0 aliphatic rings. The highest BCUT2D eigenvalue weighted by Gasteiger charge is 2.12. The Bertz CT molecular complexity index is 923. The number of pyridine rings is 1. The topological polar surface area (TPSA) is 140 Å². The SMILES string of the molecule is Nc1nnc(CCCNC(=O)c2cnc(-c3cccnc3)[nH]c2=O)s1. The molecule has 0 saturated carbocycles. The van der Waals surface area contributed by atoms with Crippen LogP contribution in [0, 0.1) is 0 Å². The standard InChI is InChI=1S/C15H15N7O2S/c16-15-22-21-11(25-15)4-2-6-18-13(23)10-8-19-12(20-14(10)24)9-3-1-5-17-7-9/h1,3,5,7-8H,2,4,6H2,(H2,16,22)(H,18,23)(H,19,20,24). The number of nitrogens with two attached hydrogens (primary N) is 1. The molecule has 0 fully saturated rings. The van der Waals surface area contributed by atoms with Gasteiger partial charge in [-0.25, -0.2) is 4.98 Å². The average molecular weight is 357 g/mol. The molecular formula is C15H15N7O2S. The summed E-state index contributed by atoms with van der Waals surface area (Å²) in [7, 11) is 0. The van der Waals surface area contributed by atoms with Gasteiger partial charge in [0.2, 0.25) is 5.13 Å². The van der Waals surface area contributed by atoms with Gasteiger partial charge in [-0.3, -0.25) is 14.6 Å². The zero-order chi connectivity index (χ0) is 17.6. The van der Waals surface area contributed by atoms with Crippen molar-refractivity contribution in [2.24, 2.45) is 0 Å². The van der Waals surface area contributed by atoms with Gasteiger partial charge in [-0.2, -0.15) is 0 Å². The van der Waals surface area contributed by atoms with Crippen molar-refractivity contribution in [3.05, 3.63) is 51.6 Å². The summed E-state index contributed by atoms with van der Waals surface area (Å²) in [5.41, 5.74) is 5.64. The molecule has 0 saturated heterocycles. The second-order valence-corrected chi connectivity index (χ2v) is 6.20. The maximum absolute atomic E-state index is 12.1. The molecule has 25 heavy (non-hydrogen) atoms. The summed E-state index contributed by atoms with van der Waals surface area (Å²) >= 11 is 1.32. The predicted molar refractivity (Wildman–Crippen MR) is 93.1 cm³/mol. The lowest BCUT2D eigenvalue weighted by atomic mass is 10.2. The van der Waals surface area contributed by atoms with Crippen LogP contribution in [0.5, 0.6) is 0 Å². The van der Waals surface area contributed by atoms with Crippen LogP contribution in [0.2, 0.25) is 0 Å². The molecule has 3 aromatic heterocycles. The van der Waals surface area contributed by atoms with Gasteiger partial charge in [0.1, 0.15) is 16.4 Å². The Morgan fingerprint density at radius 2 is 2.20 bits per heavy atom. The van der Waals surface area contributed by atoms with Crippen molar-refractivity contribution in [3.63, 3.8) is 0 Å². The maximum Gasteiger partial charge on any atom is 0.264 e. The number of rotatable bonds is 6. The average Bonchev–Trinajstić information content (AvgIpc) is 3.04. The highest BCUT2D eigenvalue weighted by atomic mass is 32.1. The van der Waals surface area contributed by atoms with Gasteiger partial charge in [-0.05, 0) is 18.6 Å². The van der Waals surface area contributed by atoms with Crippen molar-refractivity contribution >= 4 is 22.4 Å². The summed E-state index contributed by atoms with van der Waals surface area (Å²) in [6.45, 7) is 0.405. The molecule has 3 aromatic rings. The monoisotopic (exact) mass is 357 g/mol. The largest absolute Gasteiger partial charge is 0.374 e. The number of aryl methyl sites for hydroxylation is 1. The first-order chi connectivity index (χ1) is 12.1. The molecule has 0 aliphatic carbocycles. The Hall–Kier alpha value is -3.14. The number of aromatic amines is 1. The molecule has 4 N–H and O–H groups in total. The lowest BCUT2D eigenvalue weighted by Crippen LogP contribution is -2.31.